The minimum Gasteiger partial charge on any atom is -0.392 e. The van der Waals surface area contributed by atoms with Gasteiger partial charge in [-0.15, -0.1) is 11.3 Å². The van der Waals surface area contributed by atoms with Crippen LogP contribution in [-0.2, 0) is 4.79 Å². The number of fused-ring (bicyclic) bond motifs is 2. The van der Waals surface area contributed by atoms with E-state index < -0.39 is 0 Å². The third-order valence-corrected chi connectivity index (χ3v) is 8.64. The Morgan fingerprint density at radius 1 is 1.20 bits per heavy atom. The van der Waals surface area contributed by atoms with Crippen molar-refractivity contribution in [3.63, 3.8) is 0 Å². The fourth-order valence-corrected chi connectivity index (χ4v) is 5.79. The summed E-state index contributed by atoms with van der Waals surface area (Å²) in [5, 5.41) is 14.0. The molecule has 4 aromatic rings. The van der Waals surface area contributed by atoms with Gasteiger partial charge < -0.3 is 20.3 Å². The maximum absolute atomic E-state index is 11.4. The first-order chi connectivity index (χ1) is 19.8. The third-order valence-electron chi connectivity index (χ3n) is 7.85. The number of Topliss-reactive ketones (excluding diaryl/α,β-unsaturated/α-hetero) is 1. The van der Waals surface area contributed by atoms with Crippen LogP contribution in [0.1, 0.15) is 78.8 Å². The number of aromatic nitrogens is 4. The van der Waals surface area contributed by atoms with Gasteiger partial charge in [-0.2, -0.15) is 0 Å². The minimum atomic E-state index is -0.257. The van der Waals surface area contributed by atoms with Crippen molar-refractivity contribution < 1.29 is 9.90 Å². The summed E-state index contributed by atoms with van der Waals surface area (Å²) < 4.78 is 1.16. The van der Waals surface area contributed by atoms with Gasteiger partial charge >= 0.3 is 0 Å². The fourth-order valence-electron chi connectivity index (χ4n) is 5.08. The molecule has 3 heterocycles. The molecule has 3 N–H and O–H groups in total. The van der Waals surface area contributed by atoms with E-state index in [2.05, 4.69) is 69.1 Å². The summed E-state index contributed by atoms with van der Waals surface area (Å²) in [7, 11) is 0. The standard InChI is InChI=1S/C20H21N5S.C12H23NO2/c1-3-5-13(6-4-2)17-10-15-19(21-11-22-20(15)25-17)24-14-7-8-16-18(9-14)26-12-23-16;1-4-11(15)8-13(5-2)9-12(6-7-12)10(3)14/h5,7-12H,3-4,6H2,1-2H3,(H2,21,22,24,25);11,15H,4-9H2,1-3H3/b13-5+;. The van der Waals surface area contributed by atoms with Gasteiger partial charge in [-0.05, 0) is 75.4 Å². The Kier molecular flexibility index (Phi) is 10.6. The predicted octanol–water partition coefficient (Wildman–Crippen LogP) is 7.35. The van der Waals surface area contributed by atoms with Crippen LogP contribution in [0.2, 0.25) is 0 Å². The van der Waals surface area contributed by atoms with Crippen molar-refractivity contribution in [3.8, 4) is 0 Å². The molecule has 1 aromatic carbocycles. The normalized spacial score (nSPS) is 15.1. The number of carbonyl (C=O) groups excluding carboxylic acids is 1. The second kappa shape index (κ2) is 14.2. The van der Waals surface area contributed by atoms with E-state index in [0.29, 0.717) is 12.3 Å². The van der Waals surface area contributed by atoms with Crippen LogP contribution in [0.5, 0.6) is 0 Å². The number of thiazole rings is 1. The number of hydrogen-bond donors (Lipinski definition) is 3. The fraction of sp³-hybridized carbons (Fsp3) is 0.500. The molecule has 9 heteroatoms. The van der Waals surface area contributed by atoms with Crippen LogP contribution in [-0.4, -0.2) is 61.5 Å². The van der Waals surface area contributed by atoms with Crippen LogP contribution < -0.4 is 5.32 Å². The van der Waals surface area contributed by atoms with Crippen LogP contribution in [0.4, 0.5) is 11.5 Å². The van der Waals surface area contributed by atoms with Crippen molar-refractivity contribution in [3.05, 3.63) is 47.9 Å². The number of benzene rings is 1. The molecule has 41 heavy (non-hydrogen) atoms. The monoisotopic (exact) mass is 576 g/mol. The second-order valence-corrected chi connectivity index (χ2v) is 11.8. The van der Waals surface area contributed by atoms with Gasteiger partial charge in [-0.1, -0.05) is 40.2 Å². The molecule has 0 saturated heterocycles. The summed E-state index contributed by atoms with van der Waals surface area (Å²) in [6, 6.07) is 8.32. The highest BCUT2D eigenvalue weighted by Gasteiger charge is 2.48. The number of hydrogen-bond acceptors (Lipinski definition) is 8. The lowest BCUT2D eigenvalue weighted by molar-refractivity contribution is -0.122. The number of aliphatic hydroxyl groups excluding tert-OH is 1. The molecule has 1 aliphatic carbocycles. The molecular weight excluding hydrogens is 532 g/mol. The minimum absolute atomic E-state index is 0.0660. The molecule has 8 nitrogen and oxygen atoms in total. The number of rotatable bonds is 13. The first-order valence-electron chi connectivity index (χ1n) is 14.9. The summed E-state index contributed by atoms with van der Waals surface area (Å²) >= 11 is 1.64. The van der Waals surface area contributed by atoms with E-state index in [1.807, 2.05) is 24.6 Å². The Hall–Kier alpha value is -3.14. The van der Waals surface area contributed by atoms with Crippen molar-refractivity contribution in [1.29, 1.82) is 0 Å². The van der Waals surface area contributed by atoms with E-state index in [4.69, 9.17) is 0 Å². The van der Waals surface area contributed by atoms with Crippen LogP contribution in [0.15, 0.2) is 42.2 Å². The lowest BCUT2D eigenvalue weighted by Crippen LogP contribution is -2.38. The molecule has 220 valence electrons. The highest BCUT2D eigenvalue weighted by Crippen LogP contribution is 2.47. The topological polar surface area (TPSA) is 107 Å². The van der Waals surface area contributed by atoms with Gasteiger partial charge in [-0.3, -0.25) is 4.79 Å². The van der Waals surface area contributed by atoms with Gasteiger partial charge in [0, 0.05) is 29.9 Å². The van der Waals surface area contributed by atoms with Crippen molar-refractivity contribution in [2.45, 2.75) is 79.2 Å². The molecule has 3 aromatic heterocycles. The van der Waals surface area contributed by atoms with Crippen LogP contribution in [0.3, 0.4) is 0 Å². The van der Waals surface area contributed by atoms with Gasteiger partial charge in [0.1, 0.15) is 23.6 Å². The summed E-state index contributed by atoms with van der Waals surface area (Å²) in [6.07, 6.45) is 9.66. The number of allylic oxidation sites excluding steroid dienone is 2. The summed E-state index contributed by atoms with van der Waals surface area (Å²) in [4.78, 5) is 30.3. The summed E-state index contributed by atoms with van der Waals surface area (Å²) in [6.45, 7) is 12.6. The van der Waals surface area contributed by atoms with Gasteiger partial charge in [0.25, 0.3) is 0 Å². The van der Waals surface area contributed by atoms with Crippen LogP contribution in [0, 0.1) is 5.41 Å². The summed E-state index contributed by atoms with van der Waals surface area (Å²) in [5.74, 6) is 1.13. The quantitative estimate of drug-likeness (QED) is 0.153. The first kappa shape index (κ1) is 30.8. The van der Waals surface area contributed by atoms with E-state index in [1.165, 1.54) is 5.57 Å². The van der Waals surface area contributed by atoms with Crippen molar-refractivity contribution in [2.75, 3.05) is 25.0 Å². The molecule has 1 atom stereocenters. The second-order valence-electron chi connectivity index (χ2n) is 10.9. The van der Waals surface area contributed by atoms with Crippen LogP contribution >= 0.6 is 11.3 Å². The predicted molar refractivity (Wildman–Crippen MR) is 171 cm³/mol. The van der Waals surface area contributed by atoms with E-state index >= 15 is 0 Å². The number of carbonyl (C=O) groups is 1. The maximum Gasteiger partial charge on any atom is 0.143 e. The van der Waals surface area contributed by atoms with E-state index in [9.17, 15) is 9.90 Å². The Labute approximate surface area is 247 Å². The Bertz CT molecular complexity index is 1470. The number of nitrogens with one attached hydrogen (secondary N) is 2. The Morgan fingerprint density at radius 3 is 2.66 bits per heavy atom. The number of nitrogens with zero attached hydrogens (tertiary/aromatic N) is 4. The van der Waals surface area contributed by atoms with Gasteiger partial charge in [-0.25, -0.2) is 15.0 Å². The molecule has 1 saturated carbocycles. The van der Waals surface area contributed by atoms with Gasteiger partial charge in [0.05, 0.1) is 27.2 Å². The van der Waals surface area contributed by atoms with Crippen LogP contribution in [0.25, 0.3) is 26.8 Å². The average Bonchev–Trinajstić information content (AvgIpc) is 3.39. The van der Waals surface area contributed by atoms with Gasteiger partial charge in [0.2, 0.25) is 0 Å². The number of aliphatic hydroxyl groups is 1. The zero-order valence-corrected chi connectivity index (χ0v) is 25.9. The Balaban J connectivity index is 0.000000221. The number of likely N-dealkylation sites (N-methyl/N-ethyl adjacent to an activating group) is 1. The third kappa shape index (κ3) is 7.78. The highest BCUT2D eigenvalue weighted by molar-refractivity contribution is 7.16. The number of H-pyrrole nitrogens is 1. The molecule has 1 unspecified atom stereocenters. The molecule has 0 aliphatic heterocycles. The van der Waals surface area contributed by atoms with E-state index in [0.717, 1.165) is 90.1 Å². The molecule has 0 radical (unpaired) electrons. The largest absolute Gasteiger partial charge is 0.392 e. The summed E-state index contributed by atoms with van der Waals surface area (Å²) in [5.41, 5.74) is 7.15. The average molecular weight is 577 g/mol. The molecule has 5 rings (SSSR count). The van der Waals surface area contributed by atoms with Crippen molar-refractivity contribution in [1.82, 2.24) is 24.8 Å². The highest BCUT2D eigenvalue weighted by atomic mass is 32.1. The molecule has 0 spiro atoms. The van der Waals surface area contributed by atoms with Gasteiger partial charge in [0.15, 0.2) is 0 Å². The molecule has 1 fully saturated rings. The van der Waals surface area contributed by atoms with Crippen molar-refractivity contribution >= 4 is 55.4 Å². The lowest BCUT2D eigenvalue weighted by Gasteiger charge is -2.26. The number of aromatic amines is 1. The molecule has 1 aliphatic rings. The zero-order valence-electron chi connectivity index (χ0n) is 25.0. The maximum atomic E-state index is 11.4. The van der Waals surface area contributed by atoms with Crippen molar-refractivity contribution in [2.24, 2.45) is 5.41 Å². The zero-order chi connectivity index (χ0) is 29.4. The van der Waals surface area contributed by atoms with E-state index in [-0.39, 0.29) is 11.5 Å². The smallest absolute Gasteiger partial charge is 0.143 e. The number of ketones is 1. The Morgan fingerprint density at radius 2 is 2.00 bits per heavy atom. The number of anilines is 2. The van der Waals surface area contributed by atoms with E-state index in [1.54, 1.807) is 24.6 Å². The first-order valence-corrected chi connectivity index (χ1v) is 15.7. The SMILES string of the molecule is CC/C=C(\CCC)c1cc2c(Nc3ccc4ncsc4c3)ncnc2[nH]1.CCC(O)CN(CC)CC1(C(C)=O)CC1. The molecular formula is C32H44N6O2S. The lowest BCUT2D eigenvalue weighted by atomic mass is 10.0. The molecule has 0 bridgehead atoms. The molecule has 0 amide bonds.